The second kappa shape index (κ2) is 7.16. The minimum Gasteiger partial charge on any atom is -0.400 e. The standard InChI is InChI=1S/C15H19ClN2OS/c1-20-12-5-6-13(14(17)9-19)15(8-12)18-11-4-2-3-10(16)7-11/h2-4,7,12,19H,5-6,8-9,17H2,1H3/b14-13-,18-15?. The predicted molar refractivity (Wildman–Crippen MR) is 88.0 cm³/mol. The Morgan fingerprint density at radius 1 is 1.55 bits per heavy atom. The van der Waals surface area contributed by atoms with Crippen molar-refractivity contribution in [1.29, 1.82) is 0 Å². The average molecular weight is 311 g/mol. The number of nitrogens with zero attached hydrogens (tertiary/aromatic N) is 1. The summed E-state index contributed by atoms with van der Waals surface area (Å²) in [6.45, 7) is -0.117. The molecule has 0 saturated heterocycles. The Morgan fingerprint density at radius 2 is 2.35 bits per heavy atom. The van der Waals surface area contributed by atoms with E-state index in [9.17, 15) is 5.11 Å². The number of rotatable bonds is 3. The molecule has 1 aliphatic rings. The molecule has 3 nitrogen and oxygen atoms in total. The van der Waals surface area contributed by atoms with Gasteiger partial charge in [0.1, 0.15) is 0 Å². The summed E-state index contributed by atoms with van der Waals surface area (Å²) in [6.07, 6.45) is 4.94. The van der Waals surface area contributed by atoms with Gasteiger partial charge in [0.2, 0.25) is 0 Å². The summed E-state index contributed by atoms with van der Waals surface area (Å²) in [5.41, 5.74) is 9.26. The largest absolute Gasteiger partial charge is 0.400 e. The summed E-state index contributed by atoms with van der Waals surface area (Å²) in [4.78, 5) is 4.70. The Bertz CT molecular complexity index is 542. The van der Waals surface area contributed by atoms with Crippen LogP contribution in [-0.4, -0.2) is 28.9 Å². The number of hydrogen-bond donors (Lipinski definition) is 2. The first kappa shape index (κ1) is 15.4. The van der Waals surface area contributed by atoms with Crippen molar-refractivity contribution < 1.29 is 5.11 Å². The molecule has 1 aromatic carbocycles. The van der Waals surface area contributed by atoms with E-state index in [1.807, 2.05) is 36.0 Å². The topological polar surface area (TPSA) is 58.6 Å². The molecule has 0 heterocycles. The molecule has 1 fully saturated rings. The number of aliphatic imine (C=N–C) groups is 1. The SMILES string of the molecule is CSC1CC/C(=C(/N)CO)C(=Nc2cccc(Cl)c2)C1. The Hall–Kier alpha value is -0.970. The Labute approximate surface area is 128 Å². The van der Waals surface area contributed by atoms with Crippen molar-refractivity contribution in [3.8, 4) is 0 Å². The van der Waals surface area contributed by atoms with Gasteiger partial charge in [0.25, 0.3) is 0 Å². The van der Waals surface area contributed by atoms with Crippen LogP contribution >= 0.6 is 23.4 Å². The highest BCUT2D eigenvalue weighted by Crippen LogP contribution is 2.31. The van der Waals surface area contributed by atoms with E-state index < -0.39 is 0 Å². The van der Waals surface area contributed by atoms with Crippen molar-refractivity contribution in [2.45, 2.75) is 24.5 Å². The summed E-state index contributed by atoms with van der Waals surface area (Å²) in [7, 11) is 0. The van der Waals surface area contributed by atoms with Crippen molar-refractivity contribution >= 4 is 34.8 Å². The molecule has 0 spiro atoms. The van der Waals surface area contributed by atoms with Crippen LogP contribution in [0.2, 0.25) is 5.02 Å². The highest BCUT2D eigenvalue weighted by Gasteiger charge is 2.23. The lowest BCUT2D eigenvalue weighted by Gasteiger charge is -2.25. The van der Waals surface area contributed by atoms with Crippen molar-refractivity contribution in [1.82, 2.24) is 0 Å². The van der Waals surface area contributed by atoms with Crippen LogP contribution in [0.5, 0.6) is 0 Å². The lowest BCUT2D eigenvalue weighted by Crippen LogP contribution is -2.23. The zero-order valence-electron chi connectivity index (χ0n) is 11.5. The van der Waals surface area contributed by atoms with Crippen LogP contribution < -0.4 is 5.73 Å². The maximum absolute atomic E-state index is 9.27. The van der Waals surface area contributed by atoms with Crippen LogP contribution in [0.4, 0.5) is 5.69 Å². The molecular formula is C15H19ClN2OS. The molecule has 1 atom stereocenters. The van der Waals surface area contributed by atoms with Gasteiger partial charge in [-0.3, -0.25) is 4.99 Å². The number of thioether (sulfide) groups is 1. The second-order valence-corrected chi connectivity index (χ2v) is 6.38. The van der Waals surface area contributed by atoms with E-state index in [-0.39, 0.29) is 6.61 Å². The minimum absolute atomic E-state index is 0.117. The number of nitrogens with two attached hydrogens (primary N) is 1. The van der Waals surface area contributed by atoms with Gasteiger partial charge < -0.3 is 10.8 Å². The average Bonchev–Trinajstić information content (AvgIpc) is 2.46. The normalized spacial score (nSPS) is 23.9. The number of aliphatic hydroxyl groups is 1. The van der Waals surface area contributed by atoms with E-state index in [1.54, 1.807) is 0 Å². The van der Waals surface area contributed by atoms with Gasteiger partial charge >= 0.3 is 0 Å². The smallest absolute Gasteiger partial charge is 0.0828 e. The van der Waals surface area contributed by atoms with Crippen molar-refractivity contribution in [3.63, 3.8) is 0 Å². The van der Waals surface area contributed by atoms with Crippen molar-refractivity contribution in [2.75, 3.05) is 12.9 Å². The summed E-state index contributed by atoms with van der Waals surface area (Å²) >= 11 is 7.85. The van der Waals surface area contributed by atoms with Crippen LogP contribution in [0.3, 0.4) is 0 Å². The molecule has 20 heavy (non-hydrogen) atoms. The molecule has 0 aliphatic heterocycles. The van der Waals surface area contributed by atoms with E-state index in [2.05, 4.69) is 6.26 Å². The van der Waals surface area contributed by atoms with E-state index >= 15 is 0 Å². The molecule has 1 saturated carbocycles. The third kappa shape index (κ3) is 3.78. The monoisotopic (exact) mass is 310 g/mol. The quantitative estimate of drug-likeness (QED) is 0.898. The molecule has 1 unspecified atom stereocenters. The van der Waals surface area contributed by atoms with E-state index in [0.29, 0.717) is 16.0 Å². The van der Waals surface area contributed by atoms with Gasteiger partial charge in [-0.1, -0.05) is 17.7 Å². The lowest BCUT2D eigenvalue weighted by molar-refractivity contribution is 0.328. The summed E-state index contributed by atoms with van der Waals surface area (Å²) in [6, 6.07) is 7.48. The third-order valence-electron chi connectivity index (χ3n) is 3.45. The number of allylic oxidation sites excluding steroid dienone is 1. The van der Waals surface area contributed by atoms with E-state index in [4.69, 9.17) is 22.3 Å². The van der Waals surface area contributed by atoms with Gasteiger partial charge in [-0.2, -0.15) is 11.8 Å². The molecular weight excluding hydrogens is 292 g/mol. The van der Waals surface area contributed by atoms with E-state index in [1.165, 1.54) is 0 Å². The second-order valence-electron chi connectivity index (χ2n) is 4.80. The fourth-order valence-corrected chi connectivity index (χ4v) is 3.21. The maximum atomic E-state index is 9.27. The molecule has 5 heteroatoms. The highest BCUT2D eigenvalue weighted by atomic mass is 35.5. The van der Waals surface area contributed by atoms with Crippen molar-refractivity contribution in [2.24, 2.45) is 10.7 Å². The fourth-order valence-electron chi connectivity index (χ4n) is 2.35. The fraction of sp³-hybridized carbons (Fsp3) is 0.400. The molecule has 2 rings (SSSR count). The summed E-state index contributed by atoms with van der Waals surface area (Å²) < 4.78 is 0. The molecule has 0 aromatic heterocycles. The molecule has 1 aromatic rings. The summed E-state index contributed by atoms with van der Waals surface area (Å²) in [5.74, 6) is 0. The van der Waals surface area contributed by atoms with Crippen LogP contribution in [0.25, 0.3) is 0 Å². The minimum atomic E-state index is -0.117. The Kier molecular flexibility index (Phi) is 5.52. The number of aliphatic hydroxyl groups excluding tert-OH is 1. The van der Waals surface area contributed by atoms with Crippen LogP contribution in [-0.2, 0) is 0 Å². The molecule has 3 N–H and O–H groups in total. The van der Waals surface area contributed by atoms with Crippen LogP contribution in [0, 0.1) is 0 Å². The Morgan fingerprint density at radius 3 is 3.00 bits per heavy atom. The van der Waals surface area contributed by atoms with Crippen molar-refractivity contribution in [3.05, 3.63) is 40.6 Å². The third-order valence-corrected chi connectivity index (χ3v) is 4.75. The number of halogens is 1. The molecule has 0 radical (unpaired) electrons. The van der Waals surface area contributed by atoms with Gasteiger partial charge in [0.15, 0.2) is 0 Å². The zero-order valence-corrected chi connectivity index (χ0v) is 13.0. The van der Waals surface area contributed by atoms with Gasteiger partial charge in [-0.15, -0.1) is 0 Å². The molecule has 108 valence electrons. The number of hydrogen-bond acceptors (Lipinski definition) is 4. The van der Waals surface area contributed by atoms with Gasteiger partial charge in [0, 0.05) is 28.1 Å². The lowest BCUT2D eigenvalue weighted by atomic mass is 9.90. The number of benzene rings is 1. The molecule has 1 aliphatic carbocycles. The molecule has 0 bridgehead atoms. The van der Waals surface area contributed by atoms with Crippen LogP contribution in [0.1, 0.15) is 19.3 Å². The van der Waals surface area contributed by atoms with E-state index in [0.717, 1.165) is 36.2 Å². The van der Waals surface area contributed by atoms with Gasteiger partial charge in [-0.05, 0) is 42.9 Å². The molecule has 0 amide bonds. The van der Waals surface area contributed by atoms with Crippen LogP contribution in [0.15, 0.2) is 40.5 Å². The first-order valence-corrected chi connectivity index (χ1v) is 8.25. The zero-order chi connectivity index (χ0) is 14.5. The van der Waals surface area contributed by atoms with Gasteiger partial charge in [0.05, 0.1) is 12.3 Å². The van der Waals surface area contributed by atoms with Gasteiger partial charge in [-0.25, -0.2) is 0 Å². The highest BCUT2D eigenvalue weighted by molar-refractivity contribution is 7.99. The summed E-state index contributed by atoms with van der Waals surface area (Å²) in [5, 5.41) is 10.5. The first-order chi connectivity index (χ1) is 9.63. The Balaban J connectivity index is 2.36. The predicted octanol–water partition coefficient (Wildman–Crippen LogP) is 3.53. The first-order valence-electron chi connectivity index (χ1n) is 6.58. The maximum Gasteiger partial charge on any atom is 0.0828 e.